The van der Waals surface area contributed by atoms with Crippen molar-refractivity contribution in [2.24, 2.45) is 5.92 Å². The van der Waals surface area contributed by atoms with Crippen LogP contribution in [0.4, 0.5) is 10.8 Å². The van der Waals surface area contributed by atoms with E-state index < -0.39 is 5.92 Å². The Labute approximate surface area is 163 Å². The maximum Gasteiger partial charge on any atom is 0.231 e. The third kappa shape index (κ3) is 3.40. The Morgan fingerprint density at radius 3 is 2.81 bits per heavy atom. The summed E-state index contributed by atoms with van der Waals surface area (Å²) in [4.78, 5) is 30.9. The predicted molar refractivity (Wildman–Crippen MR) is 105 cm³/mol. The quantitative estimate of drug-likeness (QED) is 0.692. The van der Waals surface area contributed by atoms with Crippen molar-refractivity contribution in [1.82, 2.24) is 4.98 Å². The molecule has 1 aliphatic heterocycles. The third-order valence-electron chi connectivity index (χ3n) is 4.20. The van der Waals surface area contributed by atoms with Gasteiger partial charge in [-0.25, -0.2) is 4.98 Å². The van der Waals surface area contributed by atoms with Crippen LogP contribution >= 0.6 is 34.5 Å². The molecule has 1 aromatic heterocycles. The molecule has 8 heteroatoms. The van der Waals surface area contributed by atoms with Gasteiger partial charge in [0.15, 0.2) is 5.13 Å². The molecule has 2 amide bonds. The van der Waals surface area contributed by atoms with E-state index in [-0.39, 0.29) is 18.2 Å². The van der Waals surface area contributed by atoms with Crippen LogP contribution in [0.1, 0.15) is 6.42 Å². The van der Waals surface area contributed by atoms with E-state index in [4.69, 9.17) is 23.2 Å². The average molecular weight is 406 g/mol. The lowest BCUT2D eigenvalue weighted by atomic mass is 10.1. The summed E-state index contributed by atoms with van der Waals surface area (Å²) >= 11 is 13.3. The van der Waals surface area contributed by atoms with E-state index >= 15 is 0 Å². The van der Waals surface area contributed by atoms with Crippen molar-refractivity contribution in [1.29, 1.82) is 0 Å². The highest BCUT2D eigenvalue weighted by Crippen LogP contribution is 2.31. The van der Waals surface area contributed by atoms with Gasteiger partial charge in [-0.1, -0.05) is 40.6 Å². The number of aromatic nitrogens is 1. The summed E-state index contributed by atoms with van der Waals surface area (Å²) in [5, 5.41) is 4.49. The number of thiazole rings is 1. The number of fused-ring (bicyclic) bond motifs is 1. The van der Waals surface area contributed by atoms with E-state index in [0.717, 1.165) is 10.2 Å². The van der Waals surface area contributed by atoms with Gasteiger partial charge < -0.3 is 10.2 Å². The molecular weight excluding hydrogens is 393 g/mol. The van der Waals surface area contributed by atoms with Gasteiger partial charge in [0.2, 0.25) is 11.8 Å². The van der Waals surface area contributed by atoms with Gasteiger partial charge in [-0.3, -0.25) is 9.59 Å². The molecule has 4 rings (SSSR count). The Balaban J connectivity index is 1.49. The van der Waals surface area contributed by atoms with Crippen molar-refractivity contribution in [3.63, 3.8) is 0 Å². The highest BCUT2D eigenvalue weighted by Gasteiger charge is 2.35. The predicted octanol–water partition coefficient (Wildman–Crippen LogP) is 4.59. The molecule has 3 aromatic rings. The topological polar surface area (TPSA) is 62.3 Å². The summed E-state index contributed by atoms with van der Waals surface area (Å²) in [6.07, 6.45) is 0.162. The fourth-order valence-corrected chi connectivity index (χ4v) is 4.27. The fourth-order valence-electron chi connectivity index (χ4n) is 2.94. The van der Waals surface area contributed by atoms with Crippen molar-refractivity contribution in [2.75, 3.05) is 16.8 Å². The highest BCUT2D eigenvalue weighted by molar-refractivity contribution is 7.22. The third-order valence-corrected chi connectivity index (χ3v) is 5.60. The Hall–Kier alpha value is -2.15. The number of carbonyl (C=O) groups is 2. The first-order chi connectivity index (χ1) is 12.5. The molecule has 132 valence electrons. The van der Waals surface area contributed by atoms with Crippen molar-refractivity contribution < 1.29 is 9.59 Å². The lowest BCUT2D eigenvalue weighted by molar-refractivity contribution is -0.122. The van der Waals surface area contributed by atoms with Crippen LogP contribution in [0.25, 0.3) is 10.2 Å². The van der Waals surface area contributed by atoms with Crippen LogP contribution in [0.3, 0.4) is 0 Å². The van der Waals surface area contributed by atoms with Crippen LogP contribution in [-0.2, 0) is 9.59 Å². The minimum Gasteiger partial charge on any atom is -0.312 e. The van der Waals surface area contributed by atoms with Gasteiger partial charge in [-0.2, -0.15) is 0 Å². The van der Waals surface area contributed by atoms with E-state index in [0.29, 0.717) is 27.4 Å². The zero-order valence-electron chi connectivity index (χ0n) is 13.4. The summed E-state index contributed by atoms with van der Waals surface area (Å²) in [7, 11) is 0. The Kier molecular flexibility index (Phi) is 4.56. The average Bonchev–Trinajstić information content (AvgIpc) is 3.17. The molecule has 1 saturated heterocycles. The Morgan fingerprint density at radius 1 is 1.19 bits per heavy atom. The van der Waals surface area contributed by atoms with Gasteiger partial charge in [0.05, 0.1) is 16.1 Å². The lowest BCUT2D eigenvalue weighted by Crippen LogP contribution is -2.28. The number of carbonyl (C=O) groups excluding carboxylic acids is 2. The first-order valence-corrected chi connectivity index (χ1v) is 9.50. The van der Waals surface area contributed by atoms with Crippen LogP contribution in [0.15, 0.2) is 42.5 Å². The first kappa shape index (κ1) is 17.3. The van der Waals surface area contributed by atoms with Crippen LogP contribution in [0, 0.1) is 5.92 Å². The fraction of sp³-hybridized carbons (Fsp3) is 0.167. The van der Waals surface area contributed by atoms with Crippen LogP contribution in [0.5, 0.6) is 0 Å². The number of benzene rings is 2. The monoisotopic (exact) mass is 405 g/mol. The molecule has 1 atom stereocenters. The summed E-state index contributed by atoms with van der Waals surface area (Å²) in [6.45, 7) is 0.321. The number of nitrogens with zero attached hydrogens (tertiary/aromatic N) is 2. The molecule has 1 fully saturated rings. The van der Waals surface area contributed by atoms with Crippen molar-refractivity contribution in [3.05, 3.63) is 52.5 Å². The molecule has 5 nitrogen and oxygen atoms in total. The zero-order valence-corrected chi connectivity index (χ0v) is 15.7. The van der Waals surface area contributed by atoms with E-state index in [1.165, 1.54) is 11.3 Å². The molecule has 1 N–H and O–H groups in total. The number of anilines is 2. The molecule has 0 bridgehead atoms. The Morgan fingerprint density at radius 2 is 2.00 bits per heavy atom. The smallest absolute Gasteiger partial charge is 0.231 e. The second-order valence-corrected chi connectivity index (χ2v) is 7.91. The van der Waals surface area contributed by atoms with Gasteiger partial charge in [0.25, 0.3) is 0 Å². The number of halogens is 2. The summed E-state index contributed by atoms with van der Waals surface area (Å²) in [5.74, 6) is -0.742. The summed E-state index contributed by atoms with van der Waals surface area (Å²) in [5.41, 5.74) is 1.48. The number of hydrogen-bond acceptors (Lipinski definition) is 4. The number of rotatable bonds is 3. The maximum atomic E-state index is 12.6. The van der Waals surface area contributed by atoms with E-state index in [2.05, 4.69) is 10.3 Å². The second kappa shape index (κ2) is 6.87. The Bertz CT molecular complexity index is 1020. The molecule has 0 aliphatic carbocycles. The second-order valence-electron chi connectivity index (χ2n) is 6.01. The van der Waals surface area contributed by atoms with Crippen molar-refractivity contribution >= 4 is 67.4 Å². The summed E-state index contributed by atoms with van der Waals surface area (Å²) in [6, 6.07) is 12.4. The SMILES string of the molecule is O=C(Nc1nc2ccc(Cl)cc2s1)C1CC(=O)N(c2cccc(Cl)c2)C1. The van der Waals surface area contributed by atoms with Crippen molar-refractivity contribution in [3.8, 4) is 0 Å². The molecule has 1 aliphatic rings. The van der Waals surface area contributed by atoms with Crippen molar-refractivity contribution in [2.45, 2.75) is 6.42 Å². The summed E-state index contributed by atoms with van der Waals surface area (Å²) < 4.78 is 0.899. The maximum absolute atomic E-state index is 12.6. The standard InChI is InChI=1S/C18H13Cl2N3O2S/c19-11-2-1-3-13(7-11)23-9-10(6-16(23)24)17(25)22-18-21-14-5-4-12(20)8-15(14)26-18/h1-5,7-8,10H,6,9H2,(H,21,22,25). The van der Waals surface area contributed by atoms with Crippen LogP contribution < -0.4 is 10.2 Å². The van der Waals surface area contributed by atoms with Gasteiger partial charge in [-0.05, 0) is 36.4 Å². The molecule has 0 saturated carbocycles. The molecule has 0 spiro atoms. The molecular formula is C18H13Cl2N3O2S. The van der Waals surface area contributed by atoms with Gasteiger partial charge in [0.1, 0.15) is 0 Å². The van der Waals surface area contributed by atoms with E-state index in [1.807, 2.05) is 12.1 Å². The normalized spacial score (nSPS) is 17.1. The molecule has 1 unspecified atom stereocenters. The lowest BCUT2D eigenvalue weighted by Gasteiger charge is -2.16. The largest absolute Gasteiger partial charge is 0.312 e. The van der Waals surface area contributed by atoms with Gasteiger partial charge in [-0.15, -0.1) is 0 Å². The molecule has 2 aromatic carbocycles. The van der Waals surface area contributed by atoms with Gasteiger partial charge in [0, 0.05) is 28.7 Å². The minimum absolute atomic E-state index is 0.0940. The number of nitrogens with one attached hydrogen (secondary N) is 1. The van der Waals surface area contributed by atoms with Crippen LogP contribution in [-0.4, -0.2) is 23.3 Å². The van der Waals surface area contributed by atoms with Gasteiger partial charge >= 0.3 is 0 Å². The highest BCUT2D eigenvalue weighted by atomic mass is 35.5. The van der Waals surface area contributed by atoms with E-state index in [9.17, 15) is 9.59 Å². The molecule has 0 radical (unpaired) electrons. The van der Waals surface area contributed by atoms with Crippen LogP contribution in [0.2, 0.25) is 10.0 Å². The minimum atomic E-state index is -0.433. The number of hydrogen-bond donors (Lipinski definition) is 1. The number of amides is 2. The first-order valence-electron chi connectivity index (χ1n) is 7.92. The molecule has 26 heavy (non-hydrogen) atoms. The molecule has 2 heterocycles. The van der Waals surface area contributed by atoms with E-state index in [1.54, 1.807) is 35.2 Å². The zero-order chi connectivity index (χ0) is 18.3.